The molecule has 4 nitrogen and oxygen atoms in total. The standard InChI is InChI=1S/C14H9BrClN3OS/c15-7-1-2-8(10(17)5-7)14(20)19-12-9(16)3-4-11-13(12)18-6-21-11/h1-6H,17H2,(H,19,20). The maximum absolute atomic E-state index is 12.4. The normalized spacial score (nSPS) is 10.8. The third-order valence-electron chi connectivity index (χ3n) is 2.95. The van der Waals surface area contributed by atoms with E-state index in [1.807, 2.05) is 6.07 Å². The molecule has 0 atom stereocenters. The minimum atomic E-state index is -0.317. The van der Waals surface area contributed by atoms with Crippen LogP contribution in [0.4, 0.5) is 11.4 Å². The molecule has 0 spiro atoms. The summed E-state index contributed by atoms with van der Waals surface area (Å²) >= 11 is 11.0. The topological polar surface area (TPSA) is 68.0 Å². The van der Waals surface area contributed by atoms with Gasteiger partial charge in [0.05, 0.1) is 26.5 Å². The largest absolute Gasteiger partial charge is 0.398 e. The molecular weight excluding hydrogens is 374 g/mol. The van der Waals surface area contributed by atoms with Gasteiger partial charge in [0.15, 0.2) is 0 Å². The molecule has 3 rings (SSSR count). The molecule has 0 bridgehead atoms. The Balaban J connectivity index is 2.00. The van der Waals surface area contributed by atoms with Crippen molar-refractivity contribution < 1.29 is 4.79 Å². The predicted octanol–water partition coefficient (Wildman–Crippen LogP) is 4.55. The number of aromatic nitrogens is 1. The van der Waals surface area contributed by atoms with Crippen LogP contribution >= 0.6 is 38.9 Å². The lowest BCUT2D eigenvalue weighted by Crippen LogP contribution is -2.14. The molecule has 2 aromatic carbocycles. The monoisotopic (exact) mass is 381 g/mol. The Bertz CT molecular complexity index is 849. The summed E-state index contributed by atoms with van der Waals surface area (Å²) in [6.45, 7) is 0. The summed E-state index contributed by atoms with van der Waals surface area (Å²) < 4.78 is 1.77. The van der Waals surface area contributed by atoms with Crippen molar-refractivity contribution in [3.63, 3.8) is 0 Å². The minimum absolute atomic E-state index is 0.317. The van der Waals surface area contributed by atoms with Gasteiger partial charge >= 0.3 is 0 Å². The van der Waals surface area contributed by atoms with Gasteiger partial charge in [0, 0.05) is 10.2 Å². The van der Waals surface area contributed by atoms with Crippen LogP contribution in [0.25, 0.3) is 10.2 Å². The van der Waals surface area contributed by atoms with Gasteiger partial charge in [0.1, 0.15) is 5.52 Å². The first-order chi connectivity index (χ1) is 10.1. The van der Waals surface area contributed by atoms with Gasteiger partial charge in [-0.1, -0.05) is 27.5 Å². The molecule has 3 N–H and O–H groups in total. The molecule has 1 aromatic heterocycles. The summed E-state index contributed by atoms with van der Waals surface area (Å²) in [7, 11) is 0. The van der Waals surface area contributed by atoms with E-state index in [9.17, 15) is 4.79 Å². The summed E-state index contributed by atoms with van der Waals surface area (Å²) in [6.07, 6.45) is 0. The van der Waals surface area contributed by atoms with Gasteiger partial charge in [0.25, 0.3) is 5.91 Å². The molecule has 0 aliphatic carbocycles. The Morgan fingerprint density at radius 2 is 2.14 bits per heavy atom. The van der Waals surface area contributed by atoms with Crippen molar-refractivity contribution in [2.75, 3.05) is 11.1 Å². The molecule has 0 aliphatic heterocycles. The van der Waals surface area contributed by atoms with Crippen LogP contribution in [-0.4, -0.2) is 10.9 Å². The van der Waals surface area contributed by atoms with Crippen LogP contribution in [0, 0.1) is 0 Å². The highest BCUT2D eigenvalue weighted by molar-refractivity contribution is 9.10. The SMILES string of the molecule is Nc1cc(Br)ccc1C(=O)Nc1c(Cl)ccc2scnc12. The number of carbonyl (C=O) groups is 1. The van der Waals surface area contributed by atoms with Crippen molar-refractivity contribution in [3.8, 4) is 0 Å². The van der Waals surface area contributed by atoms with Crippen molar-refractivity contribution in [3.05, 3.63) is 50.9 Å². The molecule has 21 heavy (non-hydrogen) atoms. The number of nitrogens with two attached hydrogens (primary N) is 1. The van der Waals surface area contributed by atoms with Gasteiger partial charge in [-0.25, -0.2) is 4.98 Å². The molecule has 7 heteroatoms. The quantitative estimate of drug-likeness (QED) is 0.639. The Hall–Kier alpha value is -1.63. The number of thiazole rings is 1. The Labute approximate surface area is 138 Å². The second-order valence-corrected chi connectivity index (χ2v) is 6.52. The lowest BCUT2D eigenvalue weighted by molar-refractivity contribution is 0.102. The van der Waals surface area contributed by atoms with Crippen LogP contribution in [-0.2, 0) is 0 Å². The minimum Gasteiger partial charge on any atom is -0.398 e. The molecule has 0 radical (unpaired) electrons. The number of benzene rings is 2. The summed E-state index contributed by atoms with van der Waals surface area (Å²) in [6, 6.07) is 8.71. The average molecular weight is 383 g/mol. The third kappa shape index (κ3) is 2.74. The fourth-order valence-electron chi connectivity index (χ4n) is 1.95. The number of carbonyl (C=O) groups excluding carboxylic acids is 1. The number of fused-ring (bicyclic) bond motifs is 1. The van der Waals surface area contributed by atoms with E-state index in [4.69, 9.17) is 17.3 Å². The number of amides is 1. The summed E-state index contributed by atoms with van der Waals surface area (Å²) in [5.74, 6) is -0.317. The third-order valence-corrected chi connectivity index (χ3v) is 4.55. The zero-order valence-electron chi connectivity index (χ0n) is 10.6. The lowest BCUT2D eigenvalue weighted by atomic mass is 10.1. The summed E-state index contributed by atoms with van der Waals surface area (Å²) in [5, 5.41) is 3.24. The highest BCUT2D eigenvalue weighted by atomic mass is 79.9. The predicted molar refractivity (Wildman–Crippen MR) is 91.1 cm³/mol. The number of hydrogen-bond donors (Lipinski definition) is 2. The van der Waals surface area contributed by atoms with E-state index in [1.165, 1.54) is 11.3 Å². The van der Waals surface area contributed by atoms with E-state index >= 15 is 0 Å². The summed E-state index contributed by atoms with van der Waals surface area (Å²) in [4.78, 5) is 16.6. The zero-order valence-corrected chi connectivity index (χ0v) is 13.7. The number of rotatable bonds is 2. The molecule has 3 aromatic rings. The Kier molecular flexibility index (Phi) is 3.84. The van der Waals surface area contributed by atoms with Crippen LogP contribution < -0.4 is 11.1 Å². The number of nitrogen functional groups attached to an aromatic ring is 1. The molecule has 106 valence electrons. The van der Waals surface area contributed by atoms with Crippen LogP contribution in [0.15, 0.2) is 40.3 Å². The van der Waals surface area contributed by atoms with Crippen molar-refractivity contribution in [2.24, 2.45) is 0 Å². The number of halogens is 2. The number of nitrogens with zero attached hydrogens (tertiary/aromatic N) is 1. The van der Waals surface area contributed by atoms with Crippen LogP contribution in [0.2, 0.25) is 5.02 Å². The van der Waals surface area contributed by atoms with E-state index in [1.54, 1.807) is 29.8 Å². The fourth-order valence-corrected chi connectivity index (χ4v) is 3.21. The molecule has 0 saturated heterocycles. The summed E-state index contributed by atoms with van der Waals surface area (Å²) in [5.41, 5.74) is 9.54. The van der Waals surface area contributed by atoms with Gasteiger partial charge in [-0.3, -0.25) is 4.79 Å². The van der Waals surface area contributed by atoms with Gasteiger partial charge in [-0.15, -0.1) is 11.3 Å². The van der Waals surface area contributed by atoms with E-state index in [2.05, 4.69) is 26.2 Å². The highest BCUT2D eigenvalue weighted by Gasteiger charge is 2.15. The van der Waals surface area contributed by atoms with Crippen molar-refractivity contribution in [2.45, 2.75) is 0 Å². The fraction of sp³-hybridized carbons (Fsp3) is 0. The number of anilines is 2. The first-order valence-electron chi connectivity index (χ1n) is 5.94. The van der Waals surface area contributed by atoms with E-state index in [0.29, 0.717) is 27.5 Å². The number of hydrogen-bond acceptors (Lipinski definition) is 4. The Morgan fingerprint density at radius 3 is 2.90 bits per heavy atom. The highest BCUT2D eigenvalue weighted by Crippen LogP contribution is 2.33. The number of nitrogens with one attached hydrogen (secondary N) is 1. The molecule has 0 saturated carbocycles. The maximum Gasteiger partial charge on any atom is 0.257 e. The molecule has 1 amide bonds. The molecule has 0 unspecified atom stereocenters. The van der Waals surface area contributed by atoms with Crippen molar-refractivity contribution >= 4 is 66.4 Å². The molecule has 0 fully saturated rings. The average Bonchev–Trinajstić information content (AvgIpc) is 2.90. The van der Waals surface area contributed by atoms with Crippen molar-refractivity contribution in [1.82, 2.24) is 4.98 Å². The lowest BCUT2D eigenvalue weighted by Gasteiger charge is -2.10. The van der Waals surface area contributed by atoms with E-state index in [0.717, 1.165) is 9.17 Å². The zero-order chi connectivity index (χ0) is 15.0. The molecule has 0 aliphatic rings. The van der Waals surface area contributed by atoms with Gasteiger partial charge in [-0.2, -0.15) is 0 Å². The smallest absolute Gasteiger partial charge is 0.257 e. The first-order valence-corrected chi connectivity index (χ1v) is 7.99. The van der Waals surface area contributed by atoms with Crippen LogP contribution in [0.3, 0.4) is 0 Å². The van der Waals surface area contributed by atoms with Crippen LogP contribution in [0.5, 0.6) is 0 Å². The van der Waals surface area contributed by atoms with Crippen molar-refractivity contribution in [1.29, 1.82) is 0 Å². The second kappa shape index (κ2) is 5.63. The Morgan fingerprint density at radius 1 is 1.33 bits per heavy atom. The van der Waals surface area contributed by atoms with Gasteiger partial charge in [-0.05, 0) is 30.3 Å². The second-order valence-electron chi connectivity index (χ2n) is 4.31. The van der Waals surface area contributed by atoms with E-state index < -0.39 is 0 Å². The van der Waals surface area contributed by atoms with Gasteiger partial charge in [0.2, 0.25) is 0 Å². The molecular formula is C14H9BrClN3OS. The maximum atomic E-state index is 12.4. The first kappa shape index (κ1) is 14.3. The van der Waals surface area contributed by atoms with E-state index in [-0.39, 0.29) is 5.91 Å². The molecule has 1 heterocycles. The van der Waals surface area contributed by atoms with Gasteiger partial charge < -0.3 is 11.1 Å². The van der Waals surface area contributed by atoms with Crippen LogP contribution in [0.1, 0.15) is 10.4 Å².